The second kappa shape index (κ2) is 12.1. The number of hydrogen-bond donors (Lipinski definition) is 2. The molecule has 2 atom stereocenters. The molecule has 1 heterocycles. The van der Waals surface area contributed by atoms with E-state index in [9.17, 15) is 9.59 Å². The number of amides is 1. The normalized spacial score (nSPS) is 13.0. The molecule has 0 aliphatic rings. The Bertz CT molecular complexity index is 755. The second-order valence-electron chi connectivity index (χ2n) is 6.01. The van der Waals surface area contributed by atoms with Gasteiger partial charge in [0, 0.05) is 16.9 Å². The van der Waals surface area contributed by atoms with Gasteiger partial charge in [0.15, 0.2) is 0 Å². The number of carbonyl (C=O) groups excluding carboxylic acids is 2. The Morgan fingerprint density at radius 3 is 2.75 bits per heavy atom. The fourth-order valence-corrected chi connectivity index (χ4v) is 4.67. The van der Waals surface area contributed by atoms with Crippen LogP contribution in [0.1, 0.15) is 33.5 Å². The Morgan fingerprint density at radius 1 is 1.32 bits per heavy atom. The molecule has 0 bridgehead atoms. The molecule has 1 amide bonds. The summed E-state index contributed by atoms with van der Waals surface area (Å²) in [6.07, 6.45) is 2.83. The average molecular weight is 440 g/mol. The maximum Gasteiger partial charge on any atom is 0.329 e. The van der Waals surface area contributed by atoms with E-state index in [1.165, 1.54) is 18.4 Å². The summed E-state index contributed by atoms with van der Waals surface area (Å²) in [6.45, 7) is 0. The van der Waals surface area contributed by atoms with Crippen molar-refractivity contribution in [2.45, 2.75) is 24.3 Å². The highest BCUT2D eigenvalue weighted by Gasteiger charge is 2.24. The molecule has 9 heteroatoms. The Kier molecular flexibility index (Phi) is 9.83. The van der Waals surface area contributed by atoms with Crippen molar-refractivity contribution in [3.8, 4) is 0 Å². The Morgan fingerprint density at radius 2 is 2.07 bits per heavy atom. The van der Waals surface area contributed by atoms with Gasteiger partial charge in [-0.05, 0) is 24.0 Å². The number of nitrogens with two attached hydrogens (primary N) is 1. The summed E-state index contributed by atoms with van der Waals surface area (Å²) in [5, 5.41) is 5.14. The smallest absolute Gasteiger partial charge is 0.329 e. The van der Waals surface area contributed by atoms with Gasteiger partial charge in [-0.15, -0.1) is 11.3 Å². The number of methoxy groups -OCH3 is 1. The maximum atomic E-state index is 12.5. The molecular weight excluding hydrogens is 414 g/mol. The van der Waals surface area contributed by atoms with Gasteiger partial charge in [0.25, 0.3) is 5.91 Å². The Labute approximate surface area is 178 Å². The van der Waals surface area contributed by atoms with Gasteiger partial charge in [0.05, 0.1) is 13.2 Å². The van der Waals surface area contributed by atoms with E-state index in [4.69, 9.17) is 10.5 Å². The first-order valence-corrected chi connectivity index (χ1v) is 12.2. The third-order valence-electron chi connectivity index (χ3n) is 3.89. The number of benzene rings is 1. The number of aromatic nitrogens is 1. The maximum absolute atomic E-state index is 12.5. The number of rotatable bonds is 11. The van der Waals surface area contributed by atoms with E-state index in [1.54, 1.807) is 28.9 Å². The first-order valence-electron chi connectivity index (χ1n) is 8.75. The minimum absolute atomic E-state index is 0.183. The third-order valence-corrected chi connectivity index (χ3v) is 6.62. The topological polar surface area (TPSA) is 94.3 Å². The summed E-state index contributed by atoms with van der Waals surface area (Å²) < 4.78 is 4.83. The lowest BCUT2D eigenvalue weighted by molar-refractivity contribution is -0.142. The van der Waals surface area contributed by atoms with Crippen LogP contribution in [-0.2, 0) is 15.3 Å². The molecule has 0 saturated carbocycles. The molecule has 3 N–H and O–H groups in total. The second-order valence-corrected chi connectivity index (χ2v) is 8.91. The lowest BCUT2D eigenvalue weighted by Gasteiger charge is -2.15. The molecular formula is C19H25N3O3S3. The zero-order valence-corrected chi connectivity index (χ0v) is 18.4. The van der Waals surface area contributed by atoms with Gasteiger partial charge in [-0.2, -0.15) is 23.5 Å². The molecule has 0 aliphatic heterocycles. The fraction of sp³-hybridized carbons (Fsp3) is 0.421. The predicted molar refractivity (Wildman–Crippen MR) is 118 cm³/mol. The van der Waals surface area contributed by atoms with Crippen molar-refractivity contribution in [2.75, 3.05) is 24.9 Å². The molecule has 0 radical (unpaired) electrons. The molecule has 0 fully saturated rings. The summed E-state index contributed by atoms with van der Waals surface area (Å²) in [5.41, 5.74) is 7.55. The van der Waals surface area contributed by atoms with Gasteiger partial charge >= 0.3 is 5.97 Å². The molecule has 0 spiro atoms. The molecule has 2 rings (SSSR count). The molecule has 1 aromatic heterocycles. The number of nitrogens with zero attached hydrogens (tertiary/aromatic N) is 1. The summed E-state index contributed by atoms with van der Waals surface area (Å²) in [4.78, 5) is 28.9. The molecule has 1 aromatic carbocycles. The number of esters is 1. The van der Waals surface area contributed by atoms with E-state index >= 15 is 0 Å². The Balaban J connectivity index is 1.93. The van der Waals surface area contributed by atoms with Gasteiger partial charge in [-0.25, -0.2) is 9.78 Å². The fourth-order valence-electron chi connectivity index (χ4n) is 2.34. The standard InChI is InChI=1S/C19H25N3O3S3/c1-25-19(24)16(11-27-10-13-6-4-3-5-7-13)21-17(23)15-12-28-18(22-15)14(20)8-9-26-2/h3-7,12,14,16H,8-11,20H2,1-2H3,(H,21,23). The van der Waals surface area contributed by atoms with Crippen LogP contribution in [0.4, 0.5) is 0 Å². The molecule has 0 aliphatic carbocycles. The number of thiazole rings is 1. The lowest BCUT2D eigenvalue weighted by atomic mass is 10.2. The van der Waals surface area contributed by atoms with Gasteiger partial charge in [-0.1, -0.05) is 30.3 Å². The van der Waals surface area contributed by atoms with Crippen LogP contribution in [0.25, 0.3) is 0 Å². The van der Waals surface area contributed by atoms with Crippen LogP contribution in [0.3, 0.4) is 0 Å². The molecule has 6 nitrogen and oxygen atoms in total. The highest BCUT2D eigenvalue weighted by Crippen LogP contribution is 2.21. The lowest BCUT2D eigenvalue weighted by Crippen LogP contribution is -2.43. The number of hydrogen-bond acceptors (Lipinski definition) is 8. The van der Waals surface area contributed by atoms with Crippen molar-refractivity contribution in [1.29, 1.82) is 0 Å². The first kappa shape index (κ1) is 22.7. The van der Waals surface area contributed by atoms with E-state index in [1.807, 2.05) is 36.6 Å². The van der Waals surface area contributed by atoms with Crippen molar-refractivity contribution in [2.24, 2.45) is 5.73 Å². The van der Waals surface area contributed by atoms with Gasteiger partial charge in [0.1, 0.15) is 16.7 Å². The average Bonchev–Trinajstić information content (AvgIpc) is 3.22. The molecule has 28 heavy (non-hydrogen) atoms. The van der Waals surface area contributed by atoms with E-state index in [2.05, 4.69) is 10.3 Å². The van der Waals surface area contributed by atoms with Gasteiger partial charge in [-0.3, -0.25) is 4.79 Å². The zero-order chi connectivity index (χ0) is 20.4. The monoisotopic (exact) mass is 439 g/mol. The van der Waals surface area contributed by atoms with Crippen molar-refractivity contribution in [1.82, 2.24) is 10.3 Å². The molecule has 2 aromatic rings. The number of nitrogens with one attached hydrogen (secondary N) is 1. The van der Waals surface area contributed by atoms with Crippen molar-refractivity contribution in [3.05, 3.63) is 52.0 Å². The van der Waals surface area contributed by atoms with Crippen LogP contribution in [-0.4, -0.2) is 47.8 Å². The van der Waals surface area contributed by atoms with Gasteiger partial charge < -0.3 is 15.8 Å². The minimum Gasteiger partial charge on any atom is -0.467 e. The number of carbonyl (C=O) groups is 2. The molecule has 0 saturated heterocycles. The van der Waals surface area contributed by atoms with Gasteiger partial charge in [0.2, 0.25) is 0 Å². The summed E-state index contributed by atoms with van der Waals surface area (Å²) >= 11 is 4.65. The van der Waals surface area contributed by atoms with E-state index in [0.717, 1.165) is 28.5 Å². The molecule has 152 valence electrons. The SMILES string of the molecule is COC(=O)C(CSCc1ccccc1)NC(=O)c1csc(C(N)CCSC)n1. The van der Waals surface area contributed by atoms with Crippen LogP contribution in [0.2, 0.25) is 0 Å². The summed E-state index contributed by atoms with van der Waals surface area (Å²) in [7, 11) is 1.31. The minimum atomic E-state index is -0.735. The van der Waals surface area contributed by atoms with Crippen LogP contribution >= 0.6 is 34.9 Å². The predicted octanol–water partition coefficient (Wildman–Crippen LogP) is 3.10. The van der Waals surface area contributed by atoms with Crippen LogP contribution in [0, 0.1) is 0 Å². The van der Waals surface area contributed by atoms with Crippen LogP contribution < -0.4 is 11.1 Å². The van der Waals surface area contributed by atoms with Crippen molar-refractivity contribution >= 4 is 46.7 Å². The third kappa shape index (κ3) is 7.12. The zero-order valence-electron chi connectivity index (χ0n) is 15.9. The first-order chi connectivity index (χ1) is 13.5. The highest BCUT2D eigenvalue weighted by molar-refractivity contribution is 7.98. The number of ether oxygens (including phenoxy) is 1. The Hall–Kier alpha value is -1.55. The number of thioether (sulfide) groups is 2. The summed E-state index contributed by atoms with van der Waals surface area (Å²) in [5.74, 6) is 1.23. The van der Waals surface area contributed by atoms with Crippen LogP contribution in [0.15, 0.2) is 35.7 Å². The highest BCUT2D eigenvalue weighted by atomic mass is 32.2. The van der Waals surface area contributed by atoms with E-state index in [-0.39, 0.29) is 11.7 Å². The summed E-state index contributed by atoms with van der Waals surface area (Å²) in [6, 6.07) is 9.03. The quantitative estimate of drug-likeness (QED) is 0.520. The van der Waals surface area contributed by atoms with Crippen LogP contribution in [0.5, 0.6) is 0 Å². The molecule has 2 unspecified atom stereocenters. The largest absolute Gasteiger partial charge is 0.467 e. The van der Waals surface area contributed by atoms with Crippen molar-refractivity contribution < 1.29 is 14.3 Å². The van der Waals surface area contributed by atoms with E-state index in [0.29, 0.717) is 5.75 Å². The van der Waals surface area contributed by atoms with Crippen molar-refractivity contribution in [3.63, 3.8) is 0 Å². The van der Waals surface area contributed by atoms with E-state index < -0.39 is 17.9 Å².